The number of carbonyl (C=O) groups excluding carboxylic acids is 1. The molecule has 0 radical (unpaired) electrons. The molecule has 1 aromatic carbocycles. The van der Waals surface area contributed by atoms with E-state index in [9.17, 15) is 4.79 Å². The van der Waals surface area contributed by atoms with E-state index in [1.807, 2.05) is 44.3 Å². The summed E-state index contributed by atoms with van der Waals surface area (Å²) in [5.74, 6) is 1.90. The lowest BCUT2D eigenvalue weighted by Crippen LogP contribution is -2.50. The summed E-state index contributed by atoms with van der Waals surface area (Å²) in [7, 11) is 1.85. The zero-order valence-corrected chi connectivity index (χ0v) is 18.5. The summed E-state index contributed by atoms with van der Waals surface area (Å²) >= 11 is 1.63. The molecule has 0 saturated carbocycles. The normalized spacial score (nSPS) is 16.1. The van der Waals surface area contributed by atoms with Crippen molar-refractivity contribution in [1.82, 2.24) is 19.8 Å². The third kappa shape index (κ3) is 3.88. The predicted octanol–water partition coefficient (Wildman–Crippen LogP) is 3.78. The van der Waals surface area contributed by atoms with Crippen molar-refractivity contribution in [3.63, 3.8) is 0 Å². The summed E-state index contributed by atoms with van der Waals surface area (Å²) in [6.45, 7) is 5.76. The maximum atomic E-state index is 12.9. The Balaban J connectivity index is 1.19. The van der Waals surface area contributed by atoms with Crippen LogP contribution in [0.4, 0.5) is 5.82 Å². The number of aromatic nitrogens is 2. The van der Waals surface area contributed by atoms with Crippen LogP contribution in [0, 0.1) is 0 Å². The van der Waals surface area contributed by atoms with Crippen molar-refractivity contribution < 1.29 is 9.21 Å². The first kappa shape index (κ1) is 20.0. The van der Waals surface area contributed by atoms with E-state index in [2.05, 4.69) is 31.2 Å². The van der Waals surface area contributed by atoms with Gasteiger partial charge in [0.25, 0.3) is 0 Å². The SMILES string of the molecule is CC(c1cc2ccccc2o1)N(C)C(=O)CN1CCN(c2ncnc3sccc23)CC1. The highest BCUT2D eigenvalue weighted by Gasteiger charge is 2.25. The summed E-state index contributed by atoms with van der Waals surface area (Å²) in [6.07, 6.45) is 1.64. The smallest absolute Gasteiger partial charge is 0.237 e. The molecule has 4 heterocycles. The second kappa shape index (κ2) is 8.28. The number of amides is 1. The van der Waals surface area contributed by atoms with Crippen molar-refractivity contribution in [1.29, 1.82) is 0 Å². The molecule has 160 valence electrons. The van der Waals surface area contributed by atoms with Crippen molar-refractivity contribution in [2.75, 3.05) is 44.7 Å². The van der Waals surface area contributed by atoms with Crippen LogP contribution in [0.3, 0.4) is 0 Å². The van der Waals surface area contributed by atoms with Crippen molar-refractivity contribution >= 4 is 44.2 Å². The van der Waals surface area contributed by atoms with Gasteiger partial charge in [-0.15, -0.1) is 11.3 Å². The fraction of sp³-hybridized carbons (Fsp3) is 0.348. The van der Waals surface area contributed by atoms with Gasteiger partial charge in [0.15, 0.2) is 0 Å². The predicted molar refractivity (Wildman–Crippen MR) is 123 cm³/mol. The lowest BCUT2D eigenvalue weighted by molar-refractivity contribution is -0.133. The van der Waals surface area contributed by atoms with Crippen LogP contribution in [-0.2, 0) is 4.79 Å². The Morgan fingerprint density at radius 2 is 2.00 bits per heavy atom. The Morgan fingerprint density at radius 3 is 2.81 bits per heavy atom. The quantitative estimate of drug-likeness (QED) is 0.475. The zero-order chi connectivity index (χ0) is 21.4. The molecule has 1 aliphatic rings. The molecule has 7 nitrogen and oxygen atoms in total. The van der Waals surface area contributed by atoms with Crippen molar-refractivity contribution in [2.45, 2.75) is 13.0 Å². The Kier molecular flexibility index (Phi) is 5.33. The first-order valence-electron chi connectivity index (χ1n) is 10.5. The molecular formula is C23H25N5O2S. The number of para-hydroxylation sites is 1. The van der Waals surface area contributed by atoms with Gasteiger partial charge in [-0.2, -0.15) is 0 Å². The van der Waals surface area contributed by atoms with Gasteiger partial charge in [-0.25, -0.2) is 9.97 Å². The van der Waals surface area contributed by atoms with Crippen LogP contribution < -0.4 is 4.90 Å². The van der Waals surface area contributed by atoms with Crippen LogP contribution in [0.15, 0.2) is 52.5 Å². The van der Waals surface area contributed by atoms with Crippen LogP contribution in [0.25, 0.3) is 21.2 Å². The third-order valence-corrected chi connectivity index (χ3v) is 6.92. The Bertz CT molecular complexity index is 1180. The van der Waals surface area contributed by atoms with Crippen LogP contribution >= 0.6 is 11.3 Å². The average Bonchev–Trinajstić information content (AvgIpc) is 3.45. The molecule has 0 spiro atoms. The van der Waals surface area contributed by atoms with E-state index in [1.165, 1.54) is 0 Å². The van der Waals surface area contributed by atoms with Crippen LogP contribution in [0.5, 0.6) is 0 Å². The molecule has 5 rings (SSSR count). The molecule has 1 unspecified atom stereocenters. The van der Waals surface area contributed by atoms with Gasteiger partial charge in [0.2, 0.25) is 5.91 Å². The minimum Gasteiger partial charge on any atom is -0.459 e. The standard InChI is InChI=1S/C23H25N5O2S/c1-16(20-13-17-5-3-4-6-19(17)30-20)26(2)21(29)14-27-8-10-28(11-9-27)22-18-7-12-31-23(18)25-15-24-22/h3-7,12-13,15-16H,8-11,14H2,1-2H3. The fourth-order valence-electron chi connectivity index (χ4n) is 4.06. The van der Waals surface area contributed by atoms with Crippen LogP contribution in [0.2, 0.25) is 0 Å². The number of anilines is 1. The second-order valence-corrected chi connectivity index (χ2v) is 8.86. The van der Waals surface area contributed by atoms with Gasteiger partial charge in [-0.1, -0.05) is 18.2 Å². The van der Waals surface area contributed by atoms with Crippen molar-refractivity contribution in [2.24, 2.45) is 0 Å². The number of hydrogen-bond acceptors (Lipinski definition) is 7. The van der Waals surface area contributed by atoms with Gasteiger partial charge < -0.3 is 14.2 Å². The van der Waals surface area contributed by atoms with Crippen molar-refractivity contribution in [3.05, 3.63) is 53.9 Å². The number of benzene rings is 1. The number of carbonyl (C=O) groups is 1. The third-order valence-electron chi connectivity index (χ3n) is 6.10. The molecule has 4 aromatic rings. The molecule has 1 atom stereocenters. The van der Waals surface area contributed by atoms with E-state index in [0.717, 1.165) is 58.9 Å². The van der Waals surface area contributed by atoms with Gasteiger partial charge in [0.05, 0.1) is 18.0 Å². The number of piperazine rings is 1. The fourth-order valence-corrected chi connectivity index (χ4v) is 4.79. The Morgan fingerprint density at radius 1 is 1.19 bits per heavy atom. The maximum absolute atomic E-state index is 12.9. The second-order valence-electron chi connectivity index (χ2n) is 7.97. The number of fused-ring (bicyclic) bond motifs is 2. The largest absolute Gasteiger partial charge is 0.459 e. The van der Waals surface area contributed by atoms with Gasteiger partial charge in [-0.05, 0) is 30.5 Å². The number of hydrogen-bond donors (Lipinski definition) is 0. The minimum absolute atomic E-state index is 0.101. The number of likely N-dealkylation sites (N-methyl/N-ethyl adjacent to an activating group) is 1. The first-order chi connectivity index (χ1) is 15.1. The Hall–Kier alpha value is -2.97. The number of thiophene rings is 1. The molecule has 0 aliphatic carbocycles. The lowest BCUT2D eigenvalue weighted by atomic mass is 10.2. The number of furan rings is 1. The zero-order valence-electron chi connectivity index (χ0n) is 17.7. The maximum Gasteiger partial charge on any atom is 0.237 e. The summed E-state index contributed by atoms with van der Waals surface area (Å²) < 4.78 is 5.96. The molecule has 1 amide bonds. The van der Waals surface area contributed by atoms with E-state index >= 15 is 0 Å². The molecule has 0 N–H and O–H groups in total. The topological polar surface area (TPSA) is 65.7 Å². The minimum atomic E-state index is -0.117. The summed E-state index contributed by atoms with van der Waals surface area (Å²) in [6, 6.07) is 11.9. The van der Waals surface area contributed by atoms with Gasteiger partial charge in [0, 0.05) is 38.6 Å². The summed E-state index contributed by atoms with van der Waals surface area (Å²) in [4.78, 5) is 29.1. The lowest BCUT2D eigenvalue weighted by Gasteiger charge is -2.36. The van der Waals surface area contributed by atoms with E-state index in [-0.39, 0.29) is 11.9 Å². The Labute approximate surface area is 184 Å². The monoisotopic (exact) mass is 435 g/mol. The highest BCUT2D eigenvalue weighted by atomic mass is 32.1. The van der Waals surface area contributed by atoms with E-state index in [4.69, 9.17) is 4.42 Å². The highest BCUT2D eigenvalue weighted by Crippen LogP contribution is 2.28. The van der Waals surface area contributed by atoms with E-state index < -0.39 is 0 Å². The molecule has 3 aromatic heterocycles. The van der Waals surface area contributed by atoms with E-state index in [0.29, 0.717) is 6.54 Å². The summed E-state index contributed by atoms with van der Waals surface area (Å²) in [5.41, 5.74) is 0.853. The number of nitrogens with zero attached hydrogens (tertiary/aromatic N) is 5. The average molecular weight is 436 g/mol. The molecule has 8 heteroatoms. The molecule has 1 aliphatic heterocycles. The van der Waals surface area contributed by atoms with E-state index in [1.54, 1.807) is 22.6 Å². The van der Waals surface area contributed by atoms with Gasteiger partial charge >= 0.3 is 0 Å². The van der Waals surface area contributed by atoms with Gasteiger partial charge in [-0.3, -0.25) is 9.69 Å². The number of rotatable bonds is 5. The summed E-state index contributed by atoms with van der Waals surface area (Å²) in [5, 5.41) is 4.22. The highest BCUT2D eigenvalue weighted by molar-refractivity contribution is 7.16. The van der Waals surface area contributed by atoms with Crippen LogP contribution in [0.1, 0.15) is 18.7 Å². The first-order valence-corrected chi connectivity index (χ1v) is 11.4. The van der Waals surface area contributed by atoms with Crippen LogP contribution in [-0.4, -0.2) is 65.4 Å². The molecule has 1 fully saturated rings. The molecule has 0 bridgehead atoms. The molecule has 1 saturated heterocycles. The van der Waals surface area contributed by atoms with Crippen molar-refractivity contribution in [3.8, 4) is 0 Å². The molecule has 31 heavy (non-hydrogen) atoms. The van der Waals surface area contributed by atoms with Gasteiger partial charge in [0.1, 0.15) is 28.3 Å². The molecular weight excluding hydrogens is 410 g/mol.